The van der Waals surface area contributed by atoms with Gasteiger partial charge in [-0.1, -0.05) is 11.2 Å². The number of anilines is 1. The van der Waals surface area contributed by atoms with Crippen molar-refractivity contribution in [1.29, 1.82) is 0 Å². The van der Waals surface area contributed by atoms with E-state index in [-0.39, 0.29) is 11.9 Å². The summed E-state index contributed by atoms with van der Waals surface area (Å²) >= 11 is 0. The topological polar surface area (TPSA) is 75.0 Å². The lowest BCUT2D eigenvalue weighted by molar-refractivity contribution is -0.137. The van der Waals surface area contributed by atoms with Gasteiger partial charge in [0.25, 0.3) is 0 Å². The number of aromatic amines is 1. The van der Waals surface area contributed by atoms with Gasteiger partial charge in [0, 0.05) is 17.7 Å². The van der Waals surface area contributed by atoms with Crippen LogP contribution in [0.5, 0.6) is 0 Å². The summed E-state index contributed by atoms with van der Waals surface area (Å²) in [7, 11) is 0. The van der Waals surface area contributed by atoms with Crippen molar-refractivity contribution >= 4 is 22.6 Å². The predicted octanol–water partition coefficient (Wildman–Crippen LogP) is 5.72. The van der Waals surface area contributed by atoms with Crippen LogP contribution < -0.4 is 4.90 Å². The maximum Gasteiger partial charge on any atom is 0.416 e. The summed E-state index contributed by atoms with van der Waals surface area (Å²) < 4.78 is 44.0. The standard InChI is InChI=1S/C23H19F3N4O2/c1-12-21(13(2)32-29-12)14-3-8-17-18(11-14)28-22(27-17)19-9-10-20(31)30(19)16-6-4-15(5-7-16)23(24,25)26/h3-8,11,19H,9-10H2,1-2H3,(H,27,28)/t19-/m0/s1. The fraction of sp³-hybridized carbons (Fsp3) is 0.261. The molecule has 2 aromatic heterocycles. The summed E-state index contributed by atoms with van der Waals surface area (Å²) in [4.78, 5) is 22.1. The van der Waals surface area contributed by atoms with E-state index in [4.69, 9.17) is 4.52 Å². The van der Waals surface area contributed by atoms with Crippen molar-refractivity contribution < 1.29 is 22.5 Å². The Morgan fingerprint density at radius 2 is 1.88 bits per heavy atom. The van der Waals surface area contributed by atoms with E-state index in [0.29, 0.717) is 24.4 Å². The van der Waals surface area contributed by atoms with Crippen molar-refractivity contribution in [2.75, 3.05) is 4.90 Å². The minimum Gasteiger partial charge on any atom is -0.361 e. The number of nitrogens with one attached hydrogen (secondary N) is 1. The highest BCUT2D eigenvalue weighted by Crippen LogP contribution is 2.38. The molecule has 3 heterocycles. The fourth-order valence-corrected chi connectivity index (χ4v) is 4.32. The number of carbonyl (C=O) groups excluding carboxylic acids is 1. The number of aromatic nitrogens is 3. The molecular weight excluding hydrogens is 421 g/mol. The van der Waals surface area contributed by atoms with E-state index >= 15 is 0 Å². The lowest BCUT2D eigenvalue weighted by Gasteiger charge is -2.23. The SMILES string of the molecule is Cc1noc(C)c1-c1ccc2nc([C@@H]3CCC(=O)N3c3ccc(C(F)(F)F)cc3)[nH]c2c1. The Balaban J connectivity index is 1.50. The first-order chi connectivity index (χ1) is 15.2. The number of fused-ring (bicyclic) bond motifs is 1. The van der Waals surface area contributed by atoms with Crippen LogP contribution in [0.2, 0.25) is 0 Å². The molecule has 32 heavy (non-hydrogen) atoms. The zero-order chi connectivity index (χ0) is 22.6. The van der Waals surface area contributed by atoms with Gasteiger partial charge in [-0.2, -0.15) is 13.2 Å². The van der Waals surface area contributed by atoms with Crippen LogP contribution in [0.15, 0.2) is 47.0 Å². The van der Waals surface area contributed by atoms with Gasteiger partial charge in [0.15, 0.2) is 0 Å². The largest absolute Gasteiger partial charge is 0.416 e. The van der Waals surface area contributed by atoms with Gasteiger partial charge in [-0.3, -0.25) is 4.79 Å². The van der Waals surface area contributed by atoms with Gasteiger partial charge in [-0.25, -0.2) is 4.98 Å². The van der Waals surface area contributed by atoms with Crippen LogP contribution in [0.4, 0.5) is 18.9 Å². The lowest BCUT2D eigenvalue weighted by atomic mass is 10.0. The molecule has 1 aliphatic rings. The second kappa shape index (κ2) is 7.22. The number of aryl methyl sites for hydroxylation is 2. The molecule has 0 radical (unpaired) electrons. The molecule has 2 aromatic carbocycles. The fourth-order valence-electron chi connectivity index (χ4n) is 4.32. The predicted molar refractivity (Wildman–Crippen MR) is 112 cm³/mol. The monoisotopic (exact) mass is 440 g/mol. The summed E-state index contributed by atoms with van der Waals surface area (Å²) in [6.45, 7) is 3.73. The Morgan fingerprint density at radius 1 is 1.12 bits per heavy atom. The van der Waals surface area contributed by atoms with Crippen molar-refractivity contribution in [2.45, 2.75) is 38.9 Å². The van der Waals surface area contributed by atoms with Gasteiger partial charge in [0.1, 0.15) is 11.6 Å². The average molecular weight is 440 g/mol. The molecule has 1 fully saturated rings. The summed E-state index contributed by atoms with van der Waals surface area (Å²) in [6, 6.07) is 10.0. The van der Waals surface area contributed by atoms with E-state index in [1.54, 1.807) is 0 Å². The number of hydrogen-bond acceptors (Lipinski definition) is 4. The van der Waals surface area contributed by atoms with Gasteiger partial charge in [0.05, 0.1) is 28.3 Å². The van der Waals surface area contributed by atoms with E-state index in [1.165, 1.54) is 17.0 Å². The smallest absolute Gasteiger partial charge is 0.361 e. The maximum absolute atomic E-state index is 12.9. The first-order valence-electron chi connectivity index (χ1n) is 10.1. The number of hydrogen-bond donors (Lipinski definition) is 1. The minimum absolute atomic E-state index is 0.147. The van der Waals surface area contributed by atoms with Crippen LogP contribution in [-0.4, -0.2) is 21.0 Å². The highest BCUT2D eigenvalue weighted by molar-refractivity contribution is 5.96. The Hall–Kier alpha value is -3.62. The van der Waals surface area contributed by atoms with Crippen LogP contribution in [0, 0.1) is 13.8 Å². The van der Waals surface area contributed by atoms with Gasteiger partial charge in [-0.15, -0.1) is 0 Å². The summed E-state index contributed by atoms with van der Waals surface area (Å²) in [5.41, 5.74) is 3.85. The normalized spacial score (nSPS) is 17.0. The molecule has 1 saturated heterocycles. The van der Waals surface area contributed by atoms with Crippen molar-refractivity contribution in [3.63, 3.8) is 0 Å². The molecule has 0 saturated carbocycles. The second-order valence-electron chi connectivity index (χ2n) is 7.92. The van der Waals surface area contributed by atoms with Crippen LogP contribution >= 0.6 is 0 Å². The van der Waals surface area contributed by atoms with E-state index in [2.05, 4.69) is 15.1 Å². The highest BCUT2D eigenvalue weighted by atomic mass is 19.4. The first-order valence-corrected chi connectivity index (χ1v) is 10.1. The molecule has 0 spiro atoms. The molecule has 0 unspecified atom stereocenters. The quantitative estimate of drug-likeness (QED) is 0.442. The van der Waals surface area contributed by atoms with Crippen molar-refractivity contribution in [3.05, 3.63) is 65.3 Å². The van der Waals surface area contributed by atoms with Crippen molar-refractivity contribution in [1.82, 2.24) is 15.1 Å². The van der Waals surface area contributed by atoms with Crippen LogP contribution in [0.1, 0.15) is 41.7 Å². The van der Waals surface area contributed by atoms with Crippen LogP contribution in [0.3, 0.4) is 0 Å². The molecule has 5 rings (SSSR count). The first kappa shape index (κ1) is 20.3. The molecular formula is C23H19F3N4O2. The number of amides is 1. The van der Waals surface area contributed by atoms with Gasteiger partial charge in [-0.05, 0) is 62.2 Å². The molecule has 4 aromatic rings. The lowest BCUT2D eigenvalue weighted by Crippen LogP contribution is -2.28. The van der Waals surface area contributed by atoms with Gasteiger partial charge >= 0.3 is 6.18 Å². The molecule has 0 aliphatic carbocycles. The minimum atomic E-state index is -4.43. The van der Waals surface area contributed by atoms with Crippen LogP contribution in [-0.2, 0) is 11.0 Å². The van der Waals surface area contributed by atoms with Crippen LogP contribution in [0.25, 0.3) is 22.2 Å². The number of carbonyl (C=O) groups is 1. The Bertz CT molecular complexity index is 1300. The van der Waals surface area contributed by atoms with Crippen molar-refractivity contribution in [2.24, 2.45) is 0 Å². The molecule has 1 aliphatic heterocycles. The third-order valence-corrected chi connectivity index (χ3v) is 5.82. The number of benzene rings is 2. The number of halogens is 3. The number of imidazole rings is 1. The molecule has 6 nitrogen and oxygen atoms in total. The zero-order valence-electron chi connectivity index (χ0n) is 17.3. The third-order valence-electron chi connectivity index (χ3n) is 5.82. The maximum atomic E-state index is 12.9. The molecule has 1 N–H and O–H groups in total. The summed E-state index contributed by atoms with van der Waals surface area (Å²) in [5.74, 6) is 1.17. The number of alkyl halides is 3. The Kier molecular flexibility index (Phi) is 4.58. The summed E-state index contributed by atoms with van der Waals surface area (Å²) in [5, 5.41) is 4.00. The van der Waals surface area contributed by atoms with Gasteiger partial charge < -0.3 is 14.4 Å². The zero-order valence-corrected chi connectivity index (χ0v) is 17.3. The molecule has 164 valence electrons. The van der Waals surface area contributed by atoms with Crippen molar-refractivity contribution in [3.8, 4) is 11.1 Å². The Morgan fingerprint density at radius 3 is 2.53 bits per heavy atom. The molecule has 9 heteroatoms. The number of H-pyrrole nitrogens is 1. The van der Waals surface area contributed by atoms with E-state index in [0.717, 1.165) is 45.7 Å². The average Bonchev–Trinajstić information content (AvgIpc) is 3.43. The van der Waals surface area contributed by atoms with E-state index in [1.807, 2.05) is 32.0 Å². The Labute approximate surface area is 181 Å². The molecule has 1 amide bonds. The van der Waals surface area contributed by atoms with E-state index in [9.17, 15) is 18.0 Å². The second-order valence-corrected chi connectivity index (χ2v) is 7.92. The third kappa shape index (κ3) is 3.34. The van der Waals surface area contributed by atoms with E-state index < -0.39 is 11.7 Å². The summed E-state index contributed by atoms with van der Waals surface area (Å²) in [6.07, 6.45) is -3.60. The van der Waals surface area contributed by atoms with Gasteiger partial charge in [0.2, 0.25) is 5.91 Å². The molecule has 1 atom stereocenters. The number of nitrogens with zero attached hydrogens (tertiary/aromatic N) is 3. The molecule has 0 bridgehead atoms. The highest BCUT2D eigenvalue weighted by Gasteiger charge is 2.36. The number of rotatable bonds is 3.